The fraction of sp³-hybridized carbons (Fsp3) is 0.300. The maximum absolute atomic E-state index is 11.1. The van der Waals surface area contributed by atoms with Crippen LogP contribution in [0, 0.1) is 5.21 Å². The minimum Gasteiger partial charge on any atom is -0.595 e. The highest BCUT2D eigenvalue weighted by molar-refractivity contribution is 5.95. The fourth-order valence-corrected chi connectivity index (χ4v) is 1.54. The van der Waals surface area contributed by atoms with E-state index in [1.165, 1.54) is 21.3 Å². The average Bonchev–Trinajstić information content (AvgIpc) is 2.35. The van der Waals surface area contributed by atoms with Crippen LogP contribution in [0.4, 0.5) is 5.69 Å². The van der Waals surface area contributed by atoms with Gasteiger partial charge in [-0.3, -0.25) is 0 Å². The molecule has 1 rings (SSSR count). The first kappa shape index (κ1) is 14.0. The van der Waals surface area contributed by atoms with Crippen molar-refractivity contribution in [1.29, 1.82) is 0 Å². The van der Waals surface area contributed by atoms with Gasteiger partial charge < -0.3 is 24.5 Å². The number of carboxylic acids is 1. The molecule has 8 heteroatoms. The van der Waals surface area contributed by atoms with Crippen molar-refractivity contribution in [3.05, 3.63) is 16.8 Å². The zero-order valence-electron chi connectivity index (χ0n) is 10.0. The lowest BCUT2D eigenvalue weighted by Crippen LogP contribution is -2.99. The van der Waals surface area contributed by atoms with Gasteiger partial charge in [-0.25, -0.2) is 10.0 Å². The number of carboxylic acid groups (broad SMARTS) is 1. The first-order chi connectivity index (χ1) is 8.47. The van der Waals surface area contributed by atoms with Gasteiger partial charge in [-0.2, -0.15) is 5.23 Å². The number of hydrogen-bond acceptors (Lipinski definition) is 6. The predicted octanol–water partition coefficient (Wildman–Crippen LogP) is -0.186. The highest BCUT2D eigenvalue weighted by atomic mass is 16.8. The Balaban J connectivity index is 3.69. The molecule has 0 radical (unpaired) electrons. The molecule has 0 fully saturated rings. The van der Waals surface area contributed by atoms with Crippen LogP contribution in [0.25, 0.3) is 0 Å². The van der Waals surface area contributed by atoms with Crippen LogP contribution in [-0.2, 0) is 0 Å². The Bertz CT molecular complexity index is 458. The van der Waals surface area contributed by atoms with E-state index in [0.29, 0.717) is 0 Å². The van der Waals surface area contributed by atoms with E-state index in [0.717, 1.165) is 6.07 Å². The van der Waals surface area contributed by atoms with Crippen molar-refractivity contribution in [2.75, 3.05) is 21.3 Å². The summed E-state index contributed by atoms with van der Waals surface area (Å²) in [4.78, 5) is 11.0. The largest absolute Gasteiger partial charge is 0.595 e. The van der Waals surface area contributed by atoms with Crippen LogP contribution in [0.1, 0.15) is 10.4 Å². The van der Waals surface area contributed by atoms with E-state index >= 15 is 0 Å². The van der Waals surface area contributed by atoms with Gasteiger partial charge in [-0.05, 0) is 0 Å². The van der Waals surface area contributed by atoms with Crippen molar-refractivity contribution in [2.45, 2.75) is 0 Å². The van der Waals surface area contributed by atoms with E-state index in [4.69, 9.17) is 24.5 Å². The standard InChI is InChI=1S/C10H13NO7/c1-16-6-4-5(10(12)13)7(11(14)15)9(18-3)8(6)17-2/h4,11,14H,1-3H3,(H,12,13). The van der Waals surface area contributed by atoms with Crippen LogP contribution in [-0.4, -0.2) is 37.6 Å². The lowest BCUT2D eigenvalue weighted by molar-refractivity contribution is -0.991. The molecule has 18 heavy (non-hydrogen) atoms. The van der Waals surface area contributed by atoms with Crippen LogP contribution in [0.5, 0.6) is 17.2 Å². The number of hydrogen-bond donors (Lipinski definition) is 3. The summed E-state index contributed by atoms with van der Waals surface area (Å²) in [6.07, 6.45) is 0. The molecule has 0 heterocycles. The van der Waals surface area contributed by atoms with E-state index in [-0.39, 0.29) is 17.2 Å². The van der Waals surface area contributed by atoms with Crippen molar-refractivity contribution in [3.63, 3.8) is 0 Å². The molecule has 1 aromatic rings. The normalized spacial score (nSPS) is 11.8. The Kier molecular flexibility index (Phi) is 4.32. The van der Waals surface area contributed by atoms with Crippen LogP contribution < -0.4 is 19.4 Å². The van der Waals surface area contributed by atoms with Gasteiger partial charge in [0.15, 0.2) is 5.75 Å². The van der Waals surface area contributed by atoms with E-state index in [1.54, 1.807) is 0 Å². The van der Waals surface area contributed by atoms with Gasteiger partial charge in [0.1, 0.15) is 5.56 Å². The van der Waals surface area contributed by atoms with Crippen molar-refractivity contribution >= 4 is 11.7 Å². The van der Waals surface area contributed by atoms with Gasteiger partial charge >= 0.3 is 5.97 Å². The lowest BCUT2D eigenvalue weighted by atomic mass is 10.1. The van der Waals surface area contributed by atoms with E-state index < -0.39 is 22.4 Å². The first-order valence-corrected chi connectivity index (χ1v) is 4.77. The number of nitrogens with one attached hydrogen (secondary N) is 1. The Hall–Kier alpha value is -2.03. The van der Waals surface area contributed by atoms with Gasteiger partial charge in [0, 0.05) is 6.07 Å². The Morgan fingerprint density at radius 1 is 1.22 bits per heavy atom. The molecule has 1 atom stereocenters. The summed E-state index contributed by atoms with van der Waals surface area (Å²) >= 11 is 0. The molecule has 1 unspecified atom stereocenters. The van der Waals surface area contributed by atoms with Crippen molar-refractivity contribution in [1.82, 2.24) is 0 Å². The van der Waals surface area contributed by atoms with Crippen LogP contribution in [0.3, 0.4) is 0 Å². The second-order valence-electron chi connectivity index (χ2n) is 3.18. The lowest BCUT2D eigenvalue weighted by Gasteiger charge is -2.20. The number of quaternary nitrogens is 1. The van der Waals surface area contributed by atoms with Gasteiger partial charge in [-0.1, -0.05) is 0 Å². The Labute approximate surface area is 102 Å². The molecule has 0 saturated heterocycles. The molecular weight excluding hydrogens is 246 g/mol. The summed E-state index contributed by atoms with van der Waals surface area (Å²) in [7, 11) is 3.82. The molecule has 0 bridgehead atoms. The Morgan fingerprint density at radius 2 is 1.78 bits per heavy atom. The molecule has 0 aliphatic carbocycles. The smallest absolute Gasteiger partial charge is 0.342 e. The number of ether oxygens (including phenoxy) is 3. The number of benzene rings is 1. The zero-order chi connectivity index (χ0) is 13.9. The summed E-state index contributed by atoms with van der Waals surface area (Å²) < 4.78 is 14.8. The molecule has 8 nitrogen and oxygen atoms in total. The van der Waals surface area contributed by atoms with Gasteiger partial charge in [0.05, 0.1) is 21.3 Å². The maximum Gasteiger partial charge on any atom is 0.342 e. The predicted molar refractivity (Wildman–Crippen MR) is 58.8 cm³/mol. The average molecular weight is 259 g/mol. The van der Waals surface area contributed by atoms with Crippen LogP contribution >= 0.6 is 0 Å². The minimum absolute atomic E-state index is 0.0300. The van der Waals surface area contributed by atoms with Crippen LogP contribution in [0.15, 0.2) is 6.07 Å². The van der Waals surface area contributed by atoms with Gasteiger partial charge in [0.25, 0.3) is 0 Å². The highest BCUT2D eigenvalue weighted by Gasteiger charge is 2.28. The third-order valence-electron chi connectivity index (χ3n) is 2.27. The fourth-order valence-electron chi connectivity index (χ4n) is 1.54. The van der Waals surface area contributed by atoms with Crippen LogP contribution in [0.2, 0.25) is 0 Å². The Morgan fingerprint density at radius 3 is 2.11 bits per heavy atom. The summed E-state index contributed by atoms with van der Waals surface area (Å²) in [5.41, 5.74) is -0.917. The molecular formula is C10H13NO7. The molecule has 1 aromatic carbocycles. The third kappa shape index (κ3) is 2.30. The first-order valence-electron chi connectivity index (χ1n) is 4.77. The van der Waals surface area contributed by atoms with E-state index in [9.17, 15) is 10.0 Å². The third-order valence-corrected chi connectivity index (χ3v) is 2.27. The van der Waals surface area contributed by atoms with Crippen molar-refractivity contribution in [2.24, 2.45) is 0 Å². The van der Waals surface area contributed by atoms with Crippen molar-refractivity contribution < 1.29 is 34.5 Å². The van der Waals surface area contributed by atoms with E-state index in [2.05, 4.69) is 0 Å². The molecule has 0 spiro atoms. The maximum atomic E-state index is 11.1. The quantitative estimate of drug-likeness (QED) is 0.628. The summed E-state index contributed by atoms with van der Waals surface area (Å²) in [5.74, 6) is -1.48. The topological polar surface area (TPSA) is 113 Å². The second-order valence-corrected chi connectivity index (χ2v) is 3.18. The molecule has 3 N–H and O–H groups in total. The monoisotopic (exact) mass is 259 g/mol. The molecule has 0 saturated carbocycles. The number of methoxy groups -OCH3 is 3. The number of aromatic carboxylic acids is 1. The minimum atomic E-state index is -1.43. The molecule has 0 amide bonds. The molecule has 0 aromatic heterocycles. The zero-order valence-corrected chi connectivity index (χ0v) is 10.0. The molecule has 100 valence electrons. The molecule has 0 aliphatic rings. The number of carbonyl (C=O) groups is 1. The highest BCUT2D eigenvalue weighted by Crippen LogP contribution is 2.43. The van der Waals surface area contributed by atoms with Gasteiger partial charge in [-0.15, -0.1) is 0 Å². The van der Waals surface area contributed by atoms with E-state index in [1.807, 2.05) is 0 Å². The molecule has 0 aliphatic heterocycles. The summed E-state index contributed by atoms with van der Waals surface area (Å²) in [6, 6.07) is 1.08. The summed E-state index contributed by atoms with van der Waals surface area (Å²) in [6.45, 7) is 0. The SMILES string of the molecule is COc1cc(C(=O)O)c([NH+]([O-])O)c(OC)c1OC. The second kappa shape index (κ2) is 5.54. The summed E-state index contributed by atoms with van der Waals surface area (Å²) in [5, 5.41) is 27.8. The number of rotatable bonds is 5. The van der Waals surface area contributed by atoms with Gasteiger partial charge in [0.2, 0.25) is 17.2 Å². The van der Waals surface area contributed by atoms with Crippen molar-refractivity contribution in [3.8, 4) is 17.2 Å².